The first-order chi connectivity index (χ1) is 13.2. The molecular formula is C21H27N3O3. The number of amides is 2. The molecule has 144 valence electrons. The number of hydrogen-bond acceptors (Lipinski definition) is 4. The topological polar surface area (TPSA) is 74.6 Å². The maximum absolute atomic E-state index is 12.1. The van der Waals surface area contributed by atoms with Crippen LogP contribution in [0.2, 0.25) is 0 Å². The highest BCUT2D eigenvalue weighted by atomic mass is 16.3. The molecule has 0 saturated carbocycles. The number of rotatable bonds is 8. The van der Waals surface area contributed by atoms with Crippen LogP contribution in [0.1, 0.15) is 41.6 Å². The fourth-order valence-electron chi connectivity index (χ4n) is 3.42. The van der Waals surface area contributed by atoms with Crippen molar-refractivity contribution < 1.29 is 14.0 Å². The second kappa shape index (κ2) is 9.92. The van der Waals surface area contributed by atoms with E-state index in [1.54, 1.807) is 6.07 Å². The summed E-state index contributed by atoms with van der Waals surface area (Å²) >= 11 is 0. The molecule has 0 spiro atoms. The Morgan fingerprint density at radius 2 is 1.96 bits per heavy atom. The van der Waals surface area contributed by atoms with Crippen LogP contribution in [0.15, 0.2) is 53.3 Å². The second-order valence-electron chi connectivity index (χ2n) is 6.93. The van der Waals surface area contributed by atoms with Crippen molar-refractivity contribution in [1.29, 1.82) is 0 Å². The average molecular weight is 369 g/mol. The van der Waals surface area contributed by atoms with E-state index in [0.717, 1.165) is 19.5 Å². The van der Waals surface area contributed by atoms with Crippen LogP contribution in [0.5, 0.6) is 0 Å². The van der Waals surface area contributed by atoms with Crippen LogP contribution in [-0.4, -0.2) is 42.4 Å². The number of carbonyl (C=O) groups excluding carboxylic acids is 2. The summed E-state index contributed by atoms with van der Waals surface area (Å²) in [5.41, 5.74) is 1.77. The summed E-state index contributed by atoms with van der Waals surface area (Å²) in [5.74, 6) is -0.259. The lowest BCUT2D eigenvalue weighted by atomic mass is 10.0. The molecule has 1 atom stereocenters. The van der Waals surface area contributed by atoms with E-state index in [1.807, 2.05) is 6.07 Å². The molecular weight excluding hydrogens is 342 g/mol. The third kappa shape index (κ3) is 5.96. The number of hydrogen-bond donors (Lipinski definition) is 2. The summed E-state index contributed by atoms with van der Waals surface area (Å²) < 4.78 is 4.88. The number of nitrogens with zero attached hydrogens (tertiary/aromatic N) is 1. The summed E-state index contributed by atoms with van der Waals surface area (Å²) in [6.45, 7) is 2.95. The molecule has 27 heavy (non-hydrogen) atoms. The van der Waals surface area contributed by atoms with Gasteiger partial charge in [0.15, 0.2) is 0 Å². The van der Waals surface area contributed by atoms with Gasteiger partial charge in [0.2, 0.25) is 5.91 Å². The van der Waals surface area contributed by atoms with Crippen molar-refractivity contribution in [2.45, 2.75) is 38.3 Å². The van der Waals surface area contributed by atoms with Gasteiger partial charge < -0.3 is 15.1 Å². The van der Waals surface area contributed by atoms with E-state index in [4.69, 9.17) is 4.42 Å². The minimum Gasteiger partial charge on any atom is -0.472 e. The highest BCUT2D eigenvalue weighted by molar-refractivity contribution is 5.94. The summed E-state index contributed by atoms with van der Waals surface area (Å²) in [5, 5.41) is 5.75. The molecule has 2 N–H and O–H groups in total. The first-order valence-corrected chi connectivity index (χ1v) is 9.57. The SMILES string of the molecule is O=C(CCNC(=O)c1ccoc1)NC[C@H]1CCCCN1Cc1ccccc1. The average Bonchev–Trinajstić information content (AvgIpc) is 3.23. The molecule has 2 heterocycles. The van der Waals surface area contributed by atoms with Gasteiger partial charge in [0, 0.05) is 32.1 Å². The van der Waals surface area contributed by atoms with Crippen LogP contribution in [0.25, 0.3) is 0 Å². The van der Waals surface area contributed by atoms with E-state index < -0.39 is 0 Å². The zero-order valence-electron chi connectivity index (χ0n) is 15.5. The number of piperidine rings is 1. The maximum atomic E-state index is 12.1. The predicted molar refractivity (Wildman–Crippen MR) is 103 cm³/mol. The van der Waals surface area contributed by atoms with E-state index in [9.17, 15) is 9.59 Å². The molecule has 0 unspecified atom stereocenters. The zero-order valence-corrected chi connectivity index (χ0v) is 15.5. The third-order valence-electron chi connectivity index (χ3n) is 4.93. The molecule has 1 aliphatic heterocycles. The van der Waals surface area contributed by atoms with Gasteiger partial charge in [-0.2, -0.15) is 0 Å². The highest BCUT2D eigenvalue weighted by Gasteiger charge is 2.22. The minimum absolute atomic E-state index is 0.0345. The molecule has 1 fully saturated rings. The molecule has 1 aliphatic rings. The Bertz CT molecular complexity index is 716. The van der Waals surface area contributed by atoms with Gasteiger partial charge in [-0.3, -0.25) is 14.5 Å². The van der Waals surface area contributed by atoms with Gasteiger partial charge >= 0.3 is 0 Å². The first-order valence-electron chi connectivity index (χ1n) is 9.57. The standard InChI is InChI=1S/C21H27N3O3/c25-20(9-11-22-21(26)18-10-13-27-16-18)23-14-19-8-4-5-12-24(19)15-17-6-2-1-3-7-17/h1-3,6-7,10,13,16,19H,4-5,8-9,11-12,14-15H2,(H,22,26)(H,23,25)/t19-/m1/s1. The normalized spacial score (nSPS) is 17.4. The predicted octanol–water partition coefficient (Wildman–Crippen LogP) is 2.57. The molecule has 0 radical (unpaired) electrons. The van der Waals surface area contributed by atoms with Crippen molar-refractivity contribution in [2.24, 2.45) is 0 Å². The monoisotopic (exact) mass is 369 g/mol. The summed E-state index contributed by atoms with van der Waals surface area (Å²) in [6, 6.07) is 12.4. The molecule has 2 amide bonds. The van der Waals surface area contributed by atoms with Crippen LogP contribution in [0, 0.1) is 0 Å². The minimum atomic E-state index is -0.224. The van der Waals surface area contributed by atoms with Crippen LogP contribution >= 0.6 is 0 Å². The van der Waals surface area contributed by atoms with Crippen molar-refractivity contribution in [1.82, 2.24) is 15.5 Å². The Labute approximate surface area is 159 Å². The molecule has 3 rings (SSSR count). The Morgan fingerprint density at radius 3 is 2.74 bits per heavy atom. The summed E-state index contributed by atoms with van der Waals surface area (Å²) in [7, 11) is 0. The number of likely N-dealkylation sites (tertiary alicyclic amines) is 1. The molecule has 6 heteroatoms. The Hall–Kier alpha value is -2.60. The van der Waals surface area contributed by atoms with Crippen molar-refractivity contribution >= 4 is 11.8 Å². The van der Waals surface area contributed by atoms with Crippen LogP contribution in [0.4, 0.5) is 0 Å². The van der Waals surface area contributed by atoms with Crippen LogP contribution < -0.4 is 10.6 Å². The van der Waals surface area contributed by atoms with Crippen LogP contribution in [-0.2, 0) is 11.3 Å². The molecule has 6 nitrogen and oxygen atoms in total. The van der Waals surface area contributed by atoms with E-state index in [0.29, 0.717) is 24.7 Å². The first kappa shape index (κ1) is 19.2. The molecule has 0 aliphatic carbocycles. The molecule has 1 aromatic heterocycles. The number of benzene rings is 1. The third-order valence-corrected chi connectivity index (χ3v) is 4.93. The molecule has 0 bridgehead atoms. The summed E-state index contributed by atoms with van der Waals surface area (Å²) in [6.07, 6.45) is 6.62. The second-order valence-corrected chi connectivity index (χ2v) is 6.93. The number of carbonyl (C=O) groups is 2. The van der Waals surface area contributed by atoms with Crippen LogP contribution in [0.3, 0.4) is 0 Å². The van der Waals surface area contributed by atoms with Gasteiger partial charge in [0.1, 0.15) is 6.26 Å². The largest absolute Gasteiger partial charge is 0.472 e. The Kier molecular flexibility index (Phi) is 7.04. The van der Waals surface area contributed by atoms with Crippen molar-refractivity contribution in [3.63, 3.8) is 0 Å². The number of furan rings is 1. The zero-order chi connectivity index (χ0) is 18.9. The lowest BCUT2D eigenvalue weighted by Crippen LogP contribution is -2.46. The van der Waals surface area contributed by atoms with Gasteiger partial charge in [-0.25, -0.2) is 0 Å². The Morgan fingerprint density at radius 1 is 1.11 bits per heavy atom. The van der Waals surface area contributed by atoms with Gasteiger partial charge in [0.05, 0.1) is 11.8 Å². The van der Waals surface area contributed by atoms with Gasteiger partial charge in [-0.1, -0.05) is 36.8 Å². The van der Waals surface area contributed by atoms with Crippen molar-refractivity contribution in [2.75, 3.05) is 19.6 Å². The van der Waals surface area contributed by atoms with E-state index in [-0.39, 0.29) is 18.2 Å². The van der Waals surface area contributed by atoms with Gasteiger partial charge in [0.25, 0.3) is 5.91 Å². The fraction of sp³-hybridized carbons (Fsp3) is 0.429. The lowest BCUT2D eigenvalue weighted by molar-refractivity contribution is -0.121. The van der Waals surface area contributed by atoms with Crippen molar-refractivity contribution in [3.05, 3.63) is 60.1 Å². The number of nitrogens with one attached hydrogen (secondary N) is 2. The quantitative estimate of drug-likeness (QED) is 0.750. The lowest BCUT2D eigenvalue weighted by Gasteiger charge is -2.36. The molecule has 1 aromatic carbocycles. The molecule has 2 aromatic rings. The molecule has 1 saturated heterocycles. The Balaban J connectivity index is 1.39. The summed E-state index contributed by atoms with van der Waals surface area (Å²) in [4.78, 5) is 26.4. The van der Waals surface area contributed by atoms with Crippen molar-refractivity contribution in [3.8, 4) is 0 Å². The smallest absolute Gasteiger partial charge is 0.254 e. The maximum Gasteiger partial charge on any atom is 0.254 e. The van der Waals surface area contributed by atoms with E-state index >= 15 is 0 Å². The van der Waals surface area contributed by atoms with Gasteiger partial charge in [-0.15, -0.1) is 0 Å². The highest BCUT2D eigenvalue weighted by Crippen LogP contribution is 2.19. The van der Waals surface area contributed by atoms with Gasteiger partial charge in [-0.05, 0) is 31.0 Å². The van der Waals surface area contributed by atoms with E-state index in [2.05, 4.69) is 39.8 Å². The fourth-order valence-corrected chi connectivity index (χ4v) is 3.42. The van der Waals surface area contributed by atoms with E-state index in [1.165, 1.54) is 30.9 Å².